The number of para-hydroxylation sites is 1. The Balaban J connectivity index is 2.01. The molecule has 0 bridgehead atoms. The molecule has 0 aliphatic carbocycles. The highest BCUT2D eigenvalue weighted by Crippen LogP contribution is 2.53. The molecule has 0 aromatic heterocycles. The van der Waals surface area contributed by atoms with Crippen LogP contribution in [0.15, 0.2) is 77.1 Å². The lowest BCUT2D eigenvalue weighted by Crippen LogP contribution is -2.40. The molecule has 2 aromatic carbocycles. The van der Waals surface area contributed by atoms with Gasteiger partial charge >= 0.3 is 0 Å². The van der Waals surface area contributed by atoms with Crippen LogP contribution in [0.25, 0.3) is 0 Å². The largest absolute Gasteiger partial charge is 0.245 e. The molecule has 0 amide bonds. The summed E-state index contributed by atoms with van der Waals surface area (Å²) in [5.41, 5.74) is 2.12. The topological polar surface area (TPSA) is 12.4 Å². The Bertz CT molecular complexity index is 631. The second kappa shape index (κ2) is 4.71. The van der Waals surface area contributed by atoms with Crippen LogP contribution in [0.1, 0.15) is 12.5 Å². The van der Waals surface area contributed by atoms with Gasteiger partial charge in [0.15, 0.2) is 0 Å². The standard InChI is InChI=1S/C17H15NS/c1-13-17(2,14-9-5-3-6-10-14)16(19-13)18-15-11-7-4-8-12-15/h3-12H,1H2,2H3/t17-/m0/s1. The van der Waals surface area contributed by atoms with Crippen molar-refractivity contribution in [3.05, 3.63) is 77.7 Å². The van der Waals surface area contributed by atoms with Crippen molar-refractivity contribution < 1.29 is 0 Å². The molecule has 1 atom stereocenters. The van der Waals surface area contributed by atoms with E-state index in [1.165, 1.54) is 5.56 Å². The van der Waals surface area contributed by atoms with Crippen molar-refractivity contribution in [2.45, 2.75) is 12.3 Å². The van der Waals surface area contributed by atoms with E-state index < -0.39 is 0 Å². The highest BCUT2D eigenvalue weighted by atomic mass is 32.2. The van der Waals surface area contributed by atoms with Crippen molar-refractivity contribution in [2.75, 3.05) is 0 Å². The summed E-state index contributed by atoms with van der Waals surface area (Å²) in [6, 6.07) is 20.5. The molecule has 1 fully saturated rings. The minimum absolute atomic E-state index is 0.137. The van der Waals surface area contributed by atoms with E-state index in [0.717, 1.165) is 15.6 Å². The van der Waals surface area contributed by atoms with E-state index >= 15 is 0 Å². The first-order valence-corrected chi connectivity index (χ1v) is 7.10. The van der Waals surface area contributed by atoms with Gasteiger partial charge in [0.1, 0.15) is 0 Å². The Morgan fingerprint density at radius 3 is 2.11 bits per heavy atom. The van der Waals surface area contributed by atoms with Gasteiger partial charge in [-0.15, -0.1) is 0 Å². The van der Waals surface area contributed by atoms with Gasteiger partial charge in [-0.2, -0.15) is 0 Å². The number of hydrogen-bond acceptors (Lipinski definition) is 2. The third-order valence-corrected chi connectivity index (χ3v) is 4.89. The zero-order valence-corrected chi connectivity index (χ0v) is 11.7. The van der Waals surface area contributed by atoms with E-state index in [2.05, 4.69) is 37.8 Å². The molecule has 0 saturated carbocycles. The van der Waals surface area contributed by atoms with E-state index in [0.29, 0.717) is 0 Å². The summed E-state index contributed by atoms with van der Waals surface area (Å²) < 4.78 is 0. The van der Waals surface area contributed by atoms with Gasteiger partial charge in [-0.1, -0.05) is 66.9 Å². The first-order chi connectivity index (χ1) is 9.21. The highest BCUT2D eigenvalue weighted by Gasteiger charge is 2.45. The lowest BCUT2D eigenvalue weighted by atomic mass is 9.82. The van der Waals surface area contributed by atoms with E-state index in [4.69, 9.17) is 4.99 Å². The summed E-state index contributed by atoms with van der Waals surface area (Å²) in [4.78, 5) is 5.92. The molecule has 2 aromatic rings. The second-order valence-electron chi connectivity index (χ2n) is 4.77. The minimum atomic E-state index is -0.137. The molecule has 2 heteroatoms. The smallest absolute Gasteiger partial charge is 0.0935 e. The Morgan fingerprint density at radius 1 is 0.947 bits per heavy atom. The maximum Gasteiger partial charge on any atom is 0.0935 e. The zero-order valence-electron chi connectivity index (χ0n) is 10.8. The number of benzene rings is 2. The molecule has 94 valence electrons. The summed E-state index contributed by atoms with van der Waals surface area (Å²) in [6.45, 7) is 6.36. The van der Waals surface area contributed by atoms with Crippen molar-refractivity contribution in [3.63, 3.8) is 0 Å². The predicted octanol–water partition coefficient (Wildman–Crippen LogP) is 4.94. The van der Waals surface area contributed by atoms with Gasteiger partial charge in [0.2, 0.25) is 0 Å². The molecule has 3 rings (SSSR count). The van der Waals surface area contributed by atoms with Crippen molar-refractivity contribution in [3.8, 4) is 0 Å². The average Bonchev–Trinajstić information content (AvgIpc) is 2.48. The number of nitrogens with zero attached hydrogens (tertiary/aromatic N) is 1. The Morgan fingerprint density at radius 2 is 1.53 bits per heavy atom. The maximum atomic E-state index is 4.76. The quantitative estimate of drug-likeness (QED) is 0.749. The van der Waals surface area contributed by atoms with Crippen LogP contribution in [0.3, 0.4) is 0 Å². The summed E-state index contributed by atoms with van der Waals surface area (Å²) in [6.07, 6.45) is 0. The minimum Gasteiger partial charge on any atom is -0.245 e. The van der Waals surface area contributed by atoms with Crippen LogP contribution in [-0.4, -0.2) is 5.04 Å². The molecule has 1 heterocycles. The summed E-state index contributed by atoms with van der Waals surface area (Å²) in [5, 5.41) is 1.12. The van der Waals surface area contributed by atoms with Crippen molar-refractivity contribution in [1.82, 2.24) is 0 Å². The van der Waals surface area contributed by atoms with Crippen LogP contribution in [0.4, 0.5) is 5.69 Å². The van der Waals surface area contributed by atoms with Crippen molar-refractivity contribution in [1.29, 1.82) is 0 Å². The molecule has 0 unspecified atom stereocenters. The van der Waals surface area contributed by atoms with Gasteiger partial charge < -0.3 is 0 Å². The number of thioether (sulfide) groups is 1. The first kappa shape index (κ1) is 12.2. The molecule has 1 saturated heterocycles. The zero-order chi connectivity index (χ0) is 13.3. The summed E-state index contributed by atoms with van der Waals surface area (Å²) in [7, 11) is 0. The van der Waals surface area contributed by atoms with Crippen LogP contribution in [-0.2, 0) is 5.41 Å². The van der Waals surface area contributed by atoms with Crippen LogP contribution in [0, 0.1) is 0 Å². The molecule has 1 nitrogen and oxygen atoms in total. The molecule has 19 heavy (non-hydrogen) atoms. The fourth-order valence-electron chi connectivity index (χ4n) is 2.20. The maximum absolute atomic E-state index is 4.76. The SMILES string of the molecule is C=C1SC(=Nc2ccccc2)[C@]1(C)c1ccccc1. The van der Waals surface area contributed by atoms with E-state index in [9.17, 15) is 0 Å². The Hall–Kier alpha value is -1.80. The number of aliphatic imine (C=N–C) groups is 1. The van der Waals surface area contributed by atoms with E-state index in [1.54, 1.807) is 11.8 Å². The molecule has 1 aliphatic rings. The van der Waals surface area contributed by atoms with Gasteiger partial charge in [-0.3, -0.25) is 0 Å². The Labute approximate surface area is 118 Å². The number of rotatable bonds is 2. The van der Waals surface area contributed by atoms with Gasteiger partial charge in [0.25, 0.3) is 0 Å². The predicted molar refractivity (Wildman–Crippen MR) is 84.1 cm³/mol. The molecule has 0 N–H and O–H groups in total. The van der Waals surface area contributed by atoms with Gasteiger partial charge in [0, 0.05) is 4.91 Å². The van der Waals surface area contributed by atoms with Crippen LogP contribution >= 0.6 is 11.8 Å². The number of hydrogen-bond donors (Lipinski definition) is 0. The van der Waals surface area contributed by atoms with Crippen LogP contribution < -0.4 is 0 Å². The highest BCUT2D eigenvalue weighted by molar-refractivity contribution is 8.20. The van der Waals surface area contributed by atoms with Gasteiger partial charge in [-0.05, 0) is 24.6 Å². The third-order valence-electron chi connectivity index (χ3n) is 3.54. The lowest BCUT2D eigenvalue weighted by molar-refractivity contribution is 0.794. The molecule has 0 radical (unpaired) electrons. The monoisotopic (exact) mass is 265 g/mol. The first-order valence-electron chi connectivity index (χ1n) is 6.28. The van der Waals surface area contributed by atoms with Gasteiger partial charge in [-0.25, -0.2) is 4.99 Å². The second-order valence-corrected chi connectivity index (χ2v) is 5.85. The van der Waals surface area contributed by atoms with Crippen LogP contribution in [0.5, 0.6) is 0 Å². The lowest BCUT2D eigenvalue weighted by Gasteiger charge is -2.42. The Kier molecular flexibility index (Phi) is 3.03. The van der Waals surface area contributed by atoms with E-state index in [-0.39, 0.29) is 5.41 Å². The fourth-order valence-corrected chi connectivity index (χ4v) is 3.30. The number of allylic oxidation sites excluding steroid dienone is 1. The third kappa shape index (κ3) is 2.02. The average molecular weight is 265 g/mol. The molecule has 1 aliphatic heterocycles. The van der Waals surface area contributed by atoms with Crippen molar-refractivity contribution >= 4 is 22.5 Å². The summed E-state index contributed by atoms with van der Waals surface area (Å²) >= 11 is 1.68. The van der Waals surface area contributed by atoms with E-state index in [1.807, 2.05) is 36.4 Å². The van der Waals surface area contributed by atoms with Crippen molar-refractivity contribution in [2.24, 2.45) is 4.99 Å². The van der Waals surface area contributed by atoms with Gasteiger partial charge in [0.05, 0.1) is 16.1 Å². The molecular formula is C17H15NS. The van der Waals surface area contributed by atoms with Crippen LogP contribution in [0.2, 0.25) is 0 Å². The molecular weight excluding hydrogens is 250 g/mol. The molecule has 0 spiro atoms. The normalized spacial score (nSPS) is 24.3. The fraction of sp³-hybridized carbons (Fsp3) is 0.118. The summed E-state index contributed by atoms with van der Waals surface area (Å²) in [5.74, 6) is 0.